The summed E-state index contributed by atoms with van der Waals surface area (Å²) in [6.07, 6.45) is 1.47. The first-order chi connectivity index (χ1) is 13.5. The van der Waals surface area contributed by atoms with Crippen molar-refractivity contribution in [3.8, 4) is 0 Å². The lowest BCUT2D eigenvalue weighted by Gasteiger charge is -2.11. The average Bonchev–Trinajstić information content (AvgIpc) is 3.08. The molecule has 0 saturated heterocycles. The van der Waals surface area contributed by atoms with E-state index < -0.39 is 0 Å². The van der Waals surface area contributed by atoms with Crippen molar-refractivity contribution in [2.75, 3.05) is 11.9 Å². The Bertz CT molecular complexity index is 1010. The Kier molecular flexibility index (Phi) is 6.03. The Morgan fingerprint density at radius 2 is 2.00 bits per heavy atom. The first kappa shape index (κ1) is 19.5. The summed E-state index contributed by atoms with van der Waals surface area (Å²) < 4.78 is 13.3. The second-order valence-corrected chi connectivity index (χ2v) is 6.68. The second kappa shape index (κ2) is 8.65. The van der Waals surface area contributed by atoms with Crippen molar-refractivity contribution in [2.24, 2.45) is 0 Å². The van der Waals surface area contributed by atoms with Gasteiger partial charge in [-0.05, 0) is 49.2 Å². The number of nitrogens with zero attached hydrogens (tertiary/aromatic N) is 1. The molecule has 0 aliphatic rings. The number of hydrogen-bond acceptors (Lipinski definition) is 3. The highest BCUT2D eigenvalue weighted by atomic mass is 19.1. The number of rotatable bonds is 7. The molecule has 0 spiro atoms. The highest BCUT2D eigenvalue weighted by Crippen LogP contribution is 2.18. The zero-order valence-corrected chi connectivity index (χ0v) is 15.9. The maximum absolute atomic E-state index is 13.3. The summed E-state index contributed by atoms with van der Waals surface area (Å²) in [5.41, 5.74) is 3.27. The van der Waals surface area contributed by atoms with E-state index >= 15 is 0 Å². The zero-order valence-electron chi connectivity index (χ0n) is 15.9. The van der Waals surface area contributed by atoms with E-state index in [4.69, 9.17) is 0 Å². The van der Waals surface area contributed by atoms with Crippen LogP contribution in [0.3, 0.4) is 0 Å². The third-order valence-electron chi connectivity index (χ3n) is 4.39. The number of carbonyl (C=O) groups excluding carboxylic acids is 2. The topological polar surface area (TPSA) is 86.9 Å². The van der Waals surface area contributed by atoms with Gasteiger partial charge >= 0.3 is 0 Å². The van der Waals surface area contributed by atoms with Crippen LogP contribution in [0.5, 0.6) is 0 Å². The van der Waals surface area contributed by atoms with Gasteiger partial charge in [-0.15, -0.1) is 0 Å². The minimum absolute atomic E-state index is 0.160. The Hall–Kier alpha value is -3.22. The smallest absolute Gasteiger partial charge is 0.251 e. The molecule has 1 aromatic heterocycles. The third-order valence-corrected chi connectivity index (χ3v) is 4.39. The number of anilines is 1. The lowest BCUT2D eigenvalue weighted by molar-refractivity contribution is -0.116. The van der Waals surface area contributed by atoms with Gasteiger partial charge in [0.1, 0.15) is 11.6 Å². The van der Waals surface area contributed by atoms with E-state index in [1.807, 2.05) is 19.9 Å². The molecule has 2 amide bonds. The maximum Gasteiger partial charge on any atom is 0.251 e. The summed E-state index contributed by atoms with van der Waals surface area (Å²) >= 11 is 0. The van der Waals surface area contributed by atoms with Crippen LogP contribution < -0.4 is 10.6 Å². The Morgan fingerprint density at radius 1 is 1.18 bits per heavy atom. The summed E-state index contributed by atoms with van der Waals surface area (Å²) in [4.78, 5) is 31.8. The first-order valence-corrected chi connectivity index (χ1v) is 9.29. The van der Waals surface area contributed by atoms with Gasteiger partial charge in [-0.1, -0.05) is 13.0 Å². The summed E-state index contributed by atoms with van der Waals surface area (Å²) in [5, 5.41) is 5.68. The predicted molar refractivity (Wildman–Crippen MR) is 107 cm³/mol. The molecule has 3 aromatic rings. The molecule has 7 heteroatoms. The molecule has 1 heterocycles. The van der Waals surface area contributed by atoms with Gasteiger partial charge in [-0.2, -0.15) is 0 Å². The van der Waals surface area contributed by atoms with Crippen LogP contribution in [-0.2, 0) is 11.2 Å². The second-order valence-electron chi connectivity index (χ2n) is 6.68. The van der Waals surface area contributed by atoms with E-state index in [0.29, 0.717) is 41.1 Å². The molecule has 0 unspecified atom stereocenters. The molecule has 0 aliphatic carbocycles. The monoisotopic (exact) mass is 382 g/mol. The fraction of sp³-hybridized carbons (Fsp3) is 0.286. The van der Waals surface area contributed by atoms with Gasteiger partial charge in [0.2, 0.25) is 5.91 Å². The molecule has 0 bridgehead atoms. The molecule has 3 rings (SSSR count). The predicted octanol–water partition coefficient (Wildman–Crippen LogP) is 3.72. The van der Waals surface area contributed by atoms with Crippen LogP contribution in [0, 0.1) is 12.7 Å². The molecule has 6 nitrogen and oxygen atoms in total. The molecule has 0 fully saturated rings. The van der Waals surface area contributed by atoms with Gasteiger partial charge in [-0.25, -0.2) is 9.37 Å². The zero-order chi connectivity index (χ0) is 20.1. The van der Waals surface area contributed by atoms with E-state index in [2.05, 4.69) is 20.6 Å². The number of aromatic amines is 1. The van der Waals surface area contributed by atoms with Crippen LogP contribution >= 0.6 is 0 Å². The van der Waals surface area contributed by atoms with Crippen molar-refractivity contribution < 1.29 is 14.0 Å². The van der Waals surface area contributed by atoms with E-state index in [0.717, 1.165) is 12.0 Å². The number of aryl methyl sites for hydroxylation is 2. The summed E-state index contributed by atoms with van der Waals surface area (Å²) in [7, 11) is 0. The average molecular weight is 382 g/mol. The van der Waals surface area contributed by atoms with E-state index in [9.17, 15) is 14.0 Å². The molecule has 0 radical (unpaired) electrons. The van der Waals surface area contributed by atoms with E-state index in [-0.39, 0.29) is 24.1 Å². The first-order valence-electron chi connectivity index (χ1n) is 9.29. The molecule has 3 N–H and O–H groups in total. The number of aromatic nitrogens is 2. The van der Waals surface area contributed by atoms with Crippen molar-refractivity contribution in [3.63, 3.8) is 0 Å². The Labute approximate surface area is 162 Å². The van der Waals surface area contributed by atoms with Crippen LogP contribution in [0.4, 0.5) is 10.1 Å². The Morgan fingerprint density at radius 3 is 2.79 bits per heavy atom. The summed E-state index contributed by atoms with van der Waals surface area (Å²) in [5.74, 6) is -0.0494. The van der Waals surface area contributed by atoms with Crippen molar-refractivity contribution in [1.82, 2.24) is 15.3 Å². The number of halogens is 1. The minimum atomic E-state index is -0.334. The Balaban J connectivity index is 1.62. The molecule has 28 heavy (non-hydrogen) atoms. The summed E-state index contributed by atoms with van der Waals surface area (Å²) in [6, 6.07) is 9.57. The molecule has 0 atom stereocenters. The van der Waals surface area contributed by atoms with Crippen LogP contribution in [-0.4, -0.2) is 28.3 Å². The quantitative estimate of drug-likeness (QED) is 0.582. The SMILES string of the molecule is CCCNC(=O)c1ccc(C)c(NC(=O)CCc2nc3ccc(F)cc3[nH]2)c1. The van der Waals surface area contributed by atoms with Gasteiger partial charge in [0.25, 0.3) is 5.91 Å². The van der Waals surface area contributed by atoms with Gasteiger partial charge < -0.3 is 15.6 Å². The van der Waals surface area contributed by atoms with E-state index in [1.54, 1.807) is 18.2 Å². The van der Waals surface area contributed by atoms with Gasteiger partial charge in [0, 0.05) is 30.6 Å². The highest BCUT2D eigenvalue weighted by molar-refractivity contribution is 5.97. The number of imidazole rings is 1. The number of fused-ring (bicyclic) bond motifs is 1. The van der Waals surface area contributed by atoms with Crippen molar-refractivity contribution >= 4 is 28.5 Å². The van der Waals surface area contributed by atoms with Crippen LogP contribution in [0.2, 0.25) is 0 Å². The summed E-state index contributed by atoms with van der Waals surface area (Å²) in [6.45, 7) is 4.46. The largest absolute Gasteiger partial charge is 0.352 e. The lowest BCUT2D eigenvalue weighted by Crippen LogP contribution is -2.24. The standard InChI is InChI=1S/C21H23FN4O2/c1-3-10-23-21(28)14-5-4-13(2)17(11-14)26-20(27)9-8-19-24-16-7-6-15(22)12-18(16)25-19/h4-7,11-12H,3,8-10H2,1-2H3,(H,23,28)(H,24,25)(H,26,27). The number of H-pyrrole nitrogens is 1. The number of hydrogen-bond donors (Lipinski definition) is 3. The maximum atomic E-state index is 13.3. The third kappa shape index (κ3) is 4.73. The number of carbonyl (C=O) groups is 2. The van der Waals surface area contributed by atoms with Crippen molar-refractivity contribution in [2.45, 2.75) is 33.1 Å². The number of amides is 2. The normalized spacial score (nSPS) is 10.8. The van der Waals surface area contributed by atoms with Crippen LogP contribution in [0.15, 0.2) is 36.4 Å². The molecule has 0 saturated carbocycles. The minimum Gasteiger partial charge on any atom is -0.352 e. The fourth-order valence-electron chi connectivity index (χ4n) is 2.84. The fourth-order valence-corrected chi connectivity index (χ4v) is 2.84. The van der Waals surface area contributed by atoms with E-state index in [1.165, 1.54) is 12.1 Å². The van der Waals surface area contributed by atoms with Gasteiger partial charge in [0.15, 0.2) is 0 Å². The van der Waals surface area contributed by atoms with Crippen molar-refractivity contribution in [1.29, 1.82) is 0 Å². The van der Waals surface area contributed by atoms with Crippen molar-refractivity contribution in [3.05, 3.63) is 59.2 Å². The highest BCUT2D eigenvalue weighted by Gasteiger charge is 2.11. The lowest BCUT2D eigenvalue weighted by atomic mass is 10.1. The number of benzene rings is 2. The van der Waals surface area contributed by atoms with Gasteiger partial charge in [-0.3, -0.25) is 9.59 Å². The molecular formula is C21H23FN4O2. The number of nitrogens with one attached hydrogen (secondary N) is 3. The van der Waals surface area contributed by atoms with Crippen LogP contribution in [0.25, 0.3) is 11.0 Å². The van der Waals surface area contributed by atoms with Crippen LogP contribution in [0.1, 0.15) is 41.5 Å². The molecular weight excluding hydrogens is 359 g/mol. The molecule has 2 aromatic carbocycles. The molecule has 0 aliphatic heterocycles. The molecule has 146 valence electrons. The van der Waals surface area contributed by atoms with Gasteiger partial charge in [0.05, 0.1) is 11.0 Å².